The topological polar surface area (TPSA) is 32.3 Å². The van der Waals surface area contributed by atoms with Crippen LogP contribution in [0.1, 0.15) is 26.3 Å². The largest absolute Gasteiger partial charge is 0.384 e. The molecule has 0 aliphatic heterocycles. The van der Waals surface area contributed by atoms with Gasteiger partial charge in [-0.05, 0) is 24.9 Å². The van der Waals surface area contributed by atoms with Crippen LogP contribution in [0.2, 0.25) is 0 Å². The van der Waals surface area contributed by atoms with Crippen LogP contribution in [0, 0.1) is 5.92 Å². The summed E-state index contributed by atoms with van der Waals surface area (Å²) in [5.41, 5.74) is 0.178. The van der Waals surface area contributed by atoms with Crippen molar-refractivity contribution in [2.24, 2.45) is 5.92 Å². The van der Waals surface area contributed by atoms with Crippen LogP contribution in [0.15, 0.2) is 30.3 Å². The second-order valence-electron chi connectivity index (χ2n) is 4.66. The first-order valence-corrected chi connectivity index (χ1v) is 5.51. The van der Waals surface area contributed by atoms with Gasteiger partial charge in [0.25, 0.3) is 0 Å². The molecule has 0 aliphatic carbocycles. The Morgan fingerprint density at radius 1 is 1.27 bits per heavy atom. The predicted octanol–water partition coefficient (Wildman–Crippen LogP) is 2.14. The predicted molar refractivity (Wildman–Crippen MR) is 63.7 cm³/mol. The minimum atomic E-state index is -0.782. The first kappa shape index (κ1) is 12.2. The molecule has 0 aliphatic rings. The van der Waals surface area contributed by atoms with E-state index >= 15 is 0 Å². The van der Waals surface area contributed by atoms with Gasteiger partial charge in [0, 0.05) is 6.54 Å². The van der Waals surface area contributed by atoms with Crippen LogP contribution in [0.25, 0.3) is 0 Å². The molecule has 0 unspecified atom stereocenters. The van der Waals surface area contributed by atoms with Crippen molar-refractivity contribution in [3.8, 4) is 0 Å². The number of hydrogen-bond acceptors (Lipinski definition) is 2. The summed E-state index contributed by atoms with van der Waals surface area (Å²) in [4.78, 5) is 0. The van der Waals surface area contributed by atoms with Crippen LogP contribution in [0.4, 0.5) is 0 Å². The van der Waals surface area contributed by atoms with Crippen LogP contribution in [-0.4, -0.2) is 18.2 Å². The van der Waals surface area contributed by atoms with Gasteiger partial charge in [0.1, 0.15) is 0 Å². The van der Waals surface area contributed by atoms with Crippen molar-refractivity contribution < 1.29 is 5.11 Å². The lowest BCUT2D eigenvalue weighted by atomic mass is 9.96. The molecule has 0 heterocycles. The molecule has 15 heavy (non-hydrogen) atoms. The normalized spacial score (nSPS) is 15.3. The molecule has 0 saturated heterocycles. The second-order valence-corrected chi connectivity index (χ2v) is 4.66. The van der Waals surface area contributed by atoms with Gasteiger partial charge in [-0.1, -0.05) is 44.2 Å². The van der Waals surface area contributed by atoms with E-state index in [4.69, 9.17) is 0 Å². The maximum Gasteiger partial charge on any atom is 0.0992 e. The van der Waals surface area contributed by atoms with E-state index in [1.807, 2.05) is 37.3 Å². The standard InChI is InChI=1S/C13H21NO/c1-11(2)9-14-10-13(3,15)12-7-5-4-6-8-12/h4-8,11,14-15H,9-10H2,1-3H3/t13-/m1/s1. The van der Waals surface area contributed by atoms with Crippen molar-refractivity contribution in [2.75, 3.05) is 13.1 Å². The zero-order valence-corrected chi connectivity index (χ0v) is 9.83. The van der Waals surface area contributed by atoms with E-state index in [1.54, 1.807) is 0 Å². The number of aliphatic hydroxyl groups is 1. The number of benzene rings is 1. The third kappa shape index (κ3) is 4.02. The SMILES string of the molecule is CC(C)CNC[C@@](C)(O)c1ccccc1. The molecule has 0 bridgehead atoms. The van der Waals surface area contributed by atoms with E-state index in [-0.39, 0.29) is 0 Å². The fourth-order valence-electron chi connectivity index (χ4n) is 1.50. The highest BCUT2D eigenvalue weighted by Gasteiger charge is 2.21. The fraction of sp³-hybridized carbons (Fsp3) is 0.538. The summed E-state index contributed by atoms with van der Waals surface area (Å²) in [5.74, 6) is 0.608. The Balaban J connectivity index is 2.52. The van der Waals surface area contributed by atoms with Gasteiger partial charge in [-0.15, -0.1) is 0 Å². The highest BCUT2D eigenvalue weighted by Crippen LogP contribution is 2.18. The quantitative estimate of drug-likeness (QED) is 0.775. The van der Waals surface area contributed by atoms with Crippen LogP contribution in [0.3, 0.4) is 0 Å². The first-order valence-electron chi connectivity index (χ1n) is 5.51. The lowest BCUT2D eigenvalue weighted by Gasteiger charge is -2.24. The number of hydrogen-bond donors (Lipinski definition) is 2. The van der Waals surface area contributed by atoms with Crippen molar-refractivity contribution in [2.45, 2.75) is 26.4 Å². The van der Waals surface area contributed by atoms with E-state index in [0.717, 1.165) is 12.1 Å². The fourth-order valence-corrected chi connectivity index (χ4v) is 1.50. The molecule has 1 aromatic carbocycles. The lowest BCUT2D eigenvalue weighted by molar-refractivity contribution is 0.0564. The second kappa shape index (κ2) is 5.29. The van der Waals surface area contributed by atoms with Crippen molar-refractivity contribution in [3.05, 3.63) is 35.9 Å². The Hall–Kier alpha value is -0.860. The average Bonchev–Trinajstić information content (AvgIpc) is 2.18. The van der Waals surface area contributed by atoms with E-state index in [0.29, 0.717) is 12.5 Å². The third-order valence-corrected chi connectivity index (χ3v) is 2.42. The highest BCUT2D eigenvalue weighted by molar-refractivity contribution is 5.21. The van der Waals surface area contributed by atoms with Gasteiger partial charge in [0.2, 0.25) is 0 Å². The van der Waals surface area contributed by atoms with Gasteiger partial charge in [0.15, 0.2) is 0 Å². The minimum Gasteiger partial charge on any atom is -0.384 e. The summed E-state index contributed by atoms with van der Waals surface area (Å²) in [6.45, 7) is 7.68. The van der Waals surface area contributed by atoms with Crippen LogP contribution in [-0.2, 0) is 5.60 Å². The summed E-state index contributed by atoms with van der Waals surface area (Å²) in [5, 5.41) is 13.5. The molecular formula is C13H21NO. The maximum absolute atomic E-state index is 10.2. The molecule has 2 nitrogen and oxygen atoms in total. The Bertz CT molecular complexity index is 280. The van der Waals surface area contributed by atoms with Crippen LogP contribution < -0.4 is 5.32 Å². The molecule has 0 amide bonds. The summed E-state index contributed by atoms with van der Waals surface area (Å²) in [7, 11) is 0. The molecule has 0 spiro atoms. The summed E-state index contributed by atoms with van der Waals surface area (Å²) < 4.78 is 0. The number of nitrogens with one attached hydrogen (secondary N) is 1. The van der Waals surface area contributed by atoms with Crippen LogP contribution in [0.5, 0.6) is 0 Å². The zero-order chi connectivity index (χ0) is 11.3. The Morgan fingerprint density at radius 2 is 1.87 bits per heavy atom. The average molecular weight is 207 g/mol. The smallest absolute Gasteiger partial charge is 0.0992 e. The molecule has 2 heteroatoms. The molecule has 0 aromatic heterocycles. The van der Waals surface area contributed by atoms with Crippen molar-refractivity contribution >= 4 is 0 Å². The Morgan fingerprint density at radius 3 is 2.40 bits per heavy atom. The van der Waals surface area contributed by atoms with Gasteiger partial charge < -0.3 is 10.4 Å². The molecule has 1 atom stereocenters. The number of rotatable bonds is 5. The minimum absolute atomic E-state index is 0.592. The summed E-state index contributed by atoms with van der Waals surface area (Å²) >= 11 is 0. The zero-order valence-electron chi connectivity index (χ0n) is 9.83. The van der Waals surface area contributed by atoms with Crippen molar-refractivity contribution in [1.82, 2.24) is 5.32 Å². The van der Waals surface area contributed by atoms with Gasteiger partial charge >= 0.3 is 0 Å². The van der Waals surface area contributed by atoms with Gasteiger partial charge in [0.05, 0.1) is 5.60 Å². The molecule has 0 saturated carbocycles. The molecule has 2 N–H and O–H groups in total. The summed E-state index contributed by atoms with van der Waals surface area (Å²) in [6, 6.07) is 9.77. The van der Waals surface area contributed by atoms with E-state index < -0.39 is 5.60 Å². The molecular weight excluding hydrogens is 186 g/mol. The summed E-state index contributed by atoms with van der Waals surface area (Å²) in [6.07, 6.45) is 0. The van der Waals surface area contributed by atoms with E-state index in [2.05, 4.69) is 19.2 Å². The highest BCUT2D eigenvalue weighted by atomic mass is 16.3. The first-order chi connectivity index (χ1) is 7.02. The van der Waals surface area contributed by atoms with Crippen LogP contribution >= 0.6 is 0 Å². The van der Waals surface area contributed by atoms with Gasteiger partial charge in [-0.2, -0.15) is 0 Å². The lowest BCUT2D eigenvalue weighted by Crippen LogP contribution is -2.36. The Labute approximate surface area is 92.3 Å². The van der Waals surface area contributed by atoms with Crippen molar-refractivity contribution in [1.29, 1.82) is 0 Å². The van der Waals surface area contributed by atoms with E-state index in [9.17, 15) is 5.11 Å². The van der Waals surface area contributed by atoms with Gasteiger partial charge in [-0.3, -0.25) is 0 Å². The molecule has 84 valence electrons. The molecule has 1 rings (SSSR count). The monoisotopic (exact) mass is 207 g/mol. The maximum atomic E-state index is 10.2. The molecule has 1 aromatic rings. The molecule has 0 radical (unpaired) electrons. The van der Waals surface area contributed by atoms with Gasteiger partial charge in [-0.25, -0.2) is 0 Å². The molecule has 0 fully saturated rings. The van der Waals surface area contributed by atoms with E-state index in [1.165, 1.54) is 0 Å². The Kier molecular flexibility index (Phi) is 4.30. The third-order valence-electron chi connectivity index (χ3n) is 2.42. The van der Waals surface area contributed by atoms with Crippen molar-refractivity contribution in [3.63, 3.8) is 0 Å².